The number of benzene rings is 1. The van der Waals surface area contributed by atoms with Crippen LogP contribution in [0, 0.1) is 0 Å². The van der Waals surface area contributed by atoms with Crippen molar-refractivity contribution in [3.05, 3.63) is 41.0 Å². The van der Waals surface area contributed by atoms with Crippen LogP contribution in [-0.2, 0) is 0 Å². The fourth-order valence-electron chi connectivity index (χ4n) is 1.34. The lowest BCUT2D eigenvalue weighted by atomic mass is 10.2. The van der Waals surface area contributed by atoms with Crippen LogP contribution >= 0.6 is 23.4 Å². The third-order valence-corrected chi connectivity index (χ3v) is 3.03. The van der Waals surface area contributed by atoms with Gasteiger partial charge in [-0.1, -0.05) is 11.6 Å². The van der Waals surface area contributed by atoms with E-state index < -0.39 is 0 Å². The van der Waals surface area contributed by atoms with E-state index in [-0.39, 0.29) is 0 Å². The molecule has 0 aliphatic heterocycles. The molecule has 1 heterocycles. The van der Waals surface area contributed by atoms with Crippen LogP contribution in [0.2, 0.25) is 5.02 Å². The van der Waals surface area contributed by atoms with E-state index in [0.29, 0.717) is 16.5 Å². The number of nitrogens with zero attached hydrogens (tertiary/aromatic N) is 2. The van der Waals surface area contributed by atoms with Crippen molar-refractivity contribution < 1.29 is 4.79 Å². The van der Waals surface area contributed by atoms with E-state index in [2.05, 4.69) is 9.97 Å². The molecule has 0 aliphatic carbocycles. The second-order valence-electron chi connectivity index (χ2n) is 3.28. The average molecular weight is 265 g/mol. The maximum atomic E-state index is 10.8. The van der Waals surface area contributed by atoms with Gasteiger partial charge in [-0.15, -0.1) is 11.8 Å². The second-order valence-corrected chi connectivity index (χ2v) is 4.55. The summed E-state index contributed by atoms with van der Waals surface area (Å²) in [6, 6.07) is 8.86. The van der Waals surface area contributed by atoms with Crippen LogP contribution in [0.4, 0.5) is 0 Å². The molecule has 2 rings (SSSR count). The molecule has 0 saturated heterocycles. The zero-order valence-corrected chi connectivity index (χ0v) is 10.6. The summed E-state index contributed by atoms with van der Waals surface area (Å²) < 4.78 is 0. The van der Waals surface area contributed by atoms with Gasteiger partial charge in [-0.25, -0.2) is 9.97 Å². The monoisotopic (exact) mass is 264 g/mol. The summed E-state index contributed by atoms with van der Waals surface area (Å²) in [6.45, 7) is 0. The molecular weight excluding hydrogens is 256 g/mol. The molecule has 17 heavy (non-hydrogen) atoms. The van der Waals surface area contributed by atoms with Gasteiger partial charge in [0, 0.05) is 10.6 Å². The molecule has 0 radical (unpaired) electrons. The first-order valence-electron chi connectivity index (χ1n) is 4.87. The number of hydrogen-bond acceptors (Lipinski definition) is 4. The van der Waals surface area contributed by atoms with E-state index in [9.17, 15) is 4.79 Å². The molecule has 5 heteroatoms. The molecule has 0 bridgehead atoms. The molecule has 1 aromatic carbocycles. The minimum Gasteiger partial charge on any atom is -0.296 e. The van der Waals surface area contributed by atoms with Crippen molar-refractivity contribution in [2.45, 2.75) is 5.03 Å². The predicted octanol–water partition coefficient (Wildman–Crippen LogP) is 3.33. The van der Waals surface area contributed by atoms with Crippen molar-refractivity contribution in [2.24, 2.45) is 0 Å². The third-order valence-electron chi connectivity index (χ3n) is 2.15. The van der Waals surface area contributed by atoms with Crippen LogP contribution in [0.5, 0.6) is 0 Å². The number of hydrogen-bond donors (Lipinski definition) is 0. The molecule has 0 aliphatic rings. The summed E-state index contributed by atoms with van der Waals surface area (Å²) in [4.78, 5) is 19.3. The maximum absolute atomic E-state index is 10.8. The van der Waals surface area contributed by atoms with Gasteiger partial charge < -0.3 is 0 Å². The quantitative estimate of drug-likeness (QED) is 0.484. The van der Waals surface area contributed by atoms with Gasteiger partial charge in [-0.05, 0) is 36.6 Å². The normalized spacial score (nSPS) is 10.2. The van der Waals surface area contributed by atoms with Gasteiger partial charge in [0.2, 0.25) is 0 Å². The number of carbonyl (C=O) groups is 1. The van der Waals surface area contributed by atoms with Crippen LogP contribution in [-0.4, -0.2) is 22.5 Å². The summed E-state index contributed by atoms with van der Waals surface area (Å²) in [5.41, 5.74) is 1.22. The summed E-state index contributed by atoms with van der Waals surface area (Å²) in [5, 5.41) is 1.43. The van der Waals surface area contributed by atoms with Crippen LogP contribution in [0.15, 0.2) is 35.4 Å². The van der Waals surface area contributed by atoms with Gasteiger partial charge in [0.15, 0.2) is 12.1 Å². The summed E-state index contributed by atoms with van der Waals surface area (Å²) in [6.07, 6.45) is 2.63. The molecular formula is C12H9ClN2OS. The summed E-state index contributed by atoms with van der Waals surface area (Å²) in [5.74, 6) is 0.538. The average Bonchev–Trinajstić information content (AvgIpc) is 2.39. The Labute approximate surface area is 108 Å². The SMILES string of the molecule is CSc1cc(C=O)nc(-c2ccc(Cl)cc2)n1. The molecule has 0 atom stereocenters. The number of carbonyl (C=O) groups excluding carboxylic acids is 1. The van der Waals surface area contributed by atoms with Gasteiger partial charge in [0.25, 0.3) is 0 Å². The largest absolute Gasteiger partial charge is 0.296 e. The third kappa shape index (κ3) is 2.84. The highest BCUT2D eigenvalue weighted by Gasteiger charge is 2.06. The van der Waals surface area contributed by atoms with E-state index in [0.717, 1.165) is 16.9 Å². The van der Waals surface area contributed by atoms with Gasteiger partial charge in [0.05, 0.1) is 0 Å². The molecule has 0 unspecified atom stereocenters. The summed E-state index contributed by atoms with van der Waals surface area (Å²) in [7, 11) is 0. The molecule has 86 valence electrons. The number of halogens is 1. The lowest BCUT2D eigenvalue weighted by molar-refractivity contribution is 0.111. The van der Waals surface area contributed by atoms with Crippen LogP contribution in [0.25, 0.3) is 11.4 Å². The first-order chi connectivity index (χ1) is 8.22. The van der Waals surface area contributed by atoms with E-state index in [1.54, 1.807) is 18.2 Å². The number of thioether (sulfide) groups is 1. The number of aromatic nitrogens is 2. The van der Waals surface area contributed by atoms with E-state index in [1.807, 2.05) is 18.4 Å². The van der Waals surface area contributed by atoms with E-state index in [1.165, 1.54) is 11.8 Å². The molecule has 2 aromatic rings. The highest BCUT2D eigenvalue weighted by molar-refractivity contribution is 7.98. The molecule has 0 fully saturated rings. The second kappa shape index (κ2) is 5.29. The molecule has 0 amide bonds. The van der Waals surface area contributed by atoms with Crippen molar-refractivity contribution in [3.63, 3.8) is 0 Å². The van der Waals surface area contributed by atoms with Crippen molar-refractivity contribution in [3.8, 4) is 11.4 Å². The smallest absolute Gasteiger partial charge is 0.168 e. The molecule has 3 nitrogen and oxygen atoms in total. The number of aldehydes is 1. The Balaban J connectivity index is 2.50. The Kier molecular flexibility index (Phi) is 3.76. The molecule has 1 aromatic heterocycles. The first kappa shape index (κ1) is 12.1. The van der Waals surface area contributed by atoms with Crippen LogP contribution < -0.4 is 0 Å². The molecule has 0 saturated carbocycles. The van der Waals surface area contributed by atoms with Crippen molar-refractivity contribution in [1.29, 1.82) is 0 Å². The topological polar surface area (TPSA) is 42.9 Å². The zero-order valence-electron chi connectivity index (χ0n) is 9.05. The molecule has 0 N–H and O–H groups in total. The maximum Gasteiger partial charge on any atom is 0.168 e. The highest BCUT2D eigenvalue weighted by Crippen LogP contribution is 2.21. The van der Waals surface area contributed by atoms with Crippen molar-refractivity contribution in [2.75, 3.05) is 6.26 Å². The zero-order chi connectivity index (χ0) is 12.3. The molecule has 0 spiro atoms. The Morgan fingerprint density at radius 3 is 2.53 bits per heavy atom. The minimum absolute atomic E-state index is 0.384. The Hall–Kier alpha value is -1.39. The highest BCUT2D eigenvalue weighted by atomic mass is 35.5. The van der Waals surface area contributed by atoms with Crippen molar-refractivity contribution >= 4 is 29.6 Å². The van der Waals surface area contributed by atoms with Crippen molar-refractivity contribution in [1.82, 2.24) is 9.97 Å². The lowest BCUT2D eigenvalue weighted by Crippen LogP contribution is -1.96. The van der Waals surface area contributed by atoms with E-state index >= 15 is 0 Å². The fourth-order valence-corrected chi connectivity index (χ4v) is 1.88. The number of rotatable bonds is 3. The Morgan fingerprint density at radius 1 is 1.24 bits per heavy atom. The van der Waals surface area contributed by atoms with Crippen LogP contribution in [0.1, 0.15) is 10.5 Å². The van der Waals surface area contributed by atoms with Gasteiger partial charge >= 0.3 is 0 Å². The fraction of sp³-hybridized carbons (Fsp3) is 0.0833. The standard InChI is InChI=1S/C12H9ClN2OS/c1-17-11-6-10(7-16)14-12(15-11)8-2-4-9(13)5-3-8/h2-7H,1H3. The Bertz CT molecular complexity index is 543. The predicted molar refractivity (Wildman–Crippen MR) is 69.6 cm³/mol. The minimum atomic E-state index is 0.384. The van der Waals surface area contributed by atoms with Gasteiger partial charge in [-0.3, -0.25) is 4.79 Å². The van der Waals surface area contributed by atoms with Crippen LogP contribution in [0.3, 0.4) is 0 Å². The Morgan fingerprint density at radius 2 is 1.94 bits per heavy atom. The van der Waals surface area contributed by atoms with Gasteiger partial charge in [0.1, 0.15) is 10.7 Å². The van der Waals surface area contributed by atoms with Gasteiger partial charge in [-0.2, -0.15) is 0 Å². The first-order valence-corrected chi connectivity index (χ1v) is 6.47. The summed E-state index contributed by atoms with van der Waals surface area (Å²) >= 11 is 7.29. The van der Waals surface area contributed by atoms with E-state index in [4.69, 9.17) is 11.6 Å². The lowest BCUT2D eigenvalue weighted by Gasteiger charge is -2.03.